The van der Waals surface area contributed by atoms with E-state index in [1.165, 1.54) is 0 Å². The van der Waals surface area contributed by atoms with E-state index in [0.29, 0.717) is 25.5 Å². The van der Waals surface area contributed by atoms with E-state index in [2.05, 4.69) is 15.6 Å². The summed E-state index contributed by atoms with van der Waals surface area (Å²) in [4.78, 5) is 30.9. The maximum Gasteiger partial charge on any atom is 0.317 e. The van der Waals surface area contributed by atoms with Crippen molar-refractivity contribution < 1.29 is 14.3 Å². The van der Waals surface area contributed by atoms with E-state index in [4.69, 9.17) is 4.74 Å². The Morgan fingerprint density at radius 3 is 2.74 bits per heavy atom. The molecule has 1 unspecified atom stereocenters. The third-order valence-corrected chi connectivity index (χ3v) is 5.31. The van der Waals surface area contributed by atoms with Crippen LogP contribution >= 0.6 is 0 Å². The van der Waals surface area contributed by atoms with E-state index in [-0.39, 0.29) is 23.9 Å². The van der Waals surface area contributed by atoms with Crippen molar-refractivity contribution in [3.8, 4) is 11.6 Å². The molecule has 0 saturated carbocycles. The lowest BCUT2D eigenvalue weighted by molar-refractivity contribution is -0.126. The van der Waals surface area contributed by atoms with Crippen LogP contribution in [0.4, 0.5) is 4.79 Å². The van der Waals surface area contributed by atoms with Crippen LogP contribution in [-0.4, -0.2) is 41.0 Å². The predicted octanol–water partition coefficient (Wildman–Crippen LogP) is 3.94. The zero-order valence-corrected chi connectivity index (χ0v) is 18.8. The Balaban J connectivity index is 1.51. The van der Waals surface area contributed by atoms with Gasteiger partial charge in [-0.25, -0.2) is 9.78 Å². The molecule has 166 valence electrons. The van der Waals surface area contributed by atoms with Gasteiger partial charge in [0, 0.05) is 37.9 Å². The molecule has 1 aromatic carbocycles. The molecule has 2 N–H and O–H groups in total. The fourth-order valence-corrected chi connectivity index (χ4v) is 3.55. The molecule has 7 heteroatoms. The molecule has 1 aromatic heterocycles. The van der Waals surface area contributed by atoms with Gasteiger partial charge in [0.1, 0.15) is 5.75 Å². The molecule has 2 aromatic rings. The highest BCUT2D eigenvalue weighted by atomic mass is 16.5. The van der Waals surface area contributed by atoms with Crippen LogP contribution in [0, 0.1) is 19.8 Å². The predicted molar refractivity (Wildman–Crippen MR) is 120 cm³/mol. The van der Waals surface area contributed by atoms with E-state index < -0.39 is 0 Å². The molecule has 31 heavy (non-hydrogen) atoms. The lowest BCUT2D eigenvalue weighted by Gasteiger charge is -2.32. The summed E-state index contributed by atoms with van der Waals surface area (Å²) >= 11 is 0. The number of nitrogens with one attached hydrogen (secondary N) is 2. The molecule has 1 atom stereocenters. The molecular weight excluding hydrogens is 392 g/mol. The van der Waals surface area contributed by atoms with Gasteiger partial charge in [0.15, 0.2) is 0 Å². The molecule has 3 amide bonds. The van der Waals surface area contributed by atoms with E-state index in [1.54, 1.807) is 11.1 Å². The minimum atomic E-state index is -0.188. The second kappa shape index (κ2) is 10.3. The Hall–Kier alpha value is -3.09. The van der Waals surface area contributed by atoms with Crippen LogP contribution in [-0.2, 0) is 11.3 Å². The van der Waals surface area contributed by atoms with Crippen LogP contribution in [0.25, 0.3) is 0 Å². The molecule has 3 rings (SSSR count). The fraction of sp³-hybridized carbons (Fsp3) is 0.458. The first-order chi connectivity index (χ1) is 14.8. The lowest BCUT2D eigenvalue weighted by atomic mass is 9.97. The minimum Gasteiger partial charge on any atom is -0.439 e. The van der Waals surface area contributed by atoms with Gasteiger partial charge in [0.05, 0.1) is 5.92 Å². The summed E-state index contributed by atoms with van der Waals surface area (Å²) in [5.74, 6) is 1.09. The van der Waals surface area contributed by atoms with Gasteiger partial charge in [0.25, 0.3) is 0 Å². The summed E-state index contributed by atoms with van der Waals surface area (Å²) in [5.41, 5.74) is 3.07. The average molecular weight is 425 g/mol. The third kappa shape index (κ3) is 6.44. The number of benzene rings is 1. The van der Waals surface area contributed by atoms with Crippen LogP contribution in [0.2, 0.25) is 0 Å². The Morgan fingerprint density at radius 1 is 1.23 bits per heavy atom. The molecule has 0 bridgehead atoms. The number of aromatic nitrogens is 1. The van der Waals surface area contributed by atoms with Gasteiger partial charge in [-0.3, -0.25) is 4.79 Å². The molecule has 0 aliphatic carbocycles. The number of nitrogens with zero attached hydrogens (tertiary/aromatic N) is 2. The summed E-state index contributed by atoms with van der Waals surface area (Å²) in [7, 11) is 0. The second-order valence-electron chi connectivity index (χ2n) is 8.48. The van der Waals surface area contributed by atoms with Crippen molar-refractivity contribution in [2.24, 2.45) is 5.92 Å². The monoisotopic (exact) mass is 424 g/mol. The molecule has 1 fully saturated rings. The SMILES string of the molecule is Cc1ccc(C)c(Oc2ccc(CNC(=O)C3CCCN(C(=O)NC(C)C)C3)cn2)c1. The first-order valence-electron chi connectivity index (χ1n) is 10.8. The number of ether oxygens (including phenoxy) is 1. The van der Waals surface area contributed by atoms with Crippen molar-refractivity contribution in [3.63, 3.8) is 0 Å². The maximum atomic E-state index is 12.6. The van der Waals surface area contributed by atoms with Crippen LogP contribution in [0.5, 0.6) is 11.6 Å². The summed E-state index contributed by atoms with van der Waals surface area (Å²) in [5, 5.41) is 5.87. The number of piperidine rings is 1. The zero-order valence-electron chi connectivity index (χ0n) is 18.8. The first-order valence-corrected chi connectivity index (χ1v) is 10.8. The molecular formula is C24H32N4O3. The number of pyridine rings is 1. The Kier molecular flexibility index (Phi) is 7.50. The molecule has 7 nitrogen and oxygen atoms in total. The Bertz CT molecular complexity index is 912. The number of hydrogen-bond donors (Lipinski definition) is 2. The number of carbonyl (C=O) groups excluding carboxylic acids is 2. The van der Waals surface area contributed by atoms with Crippen LogP contribution in [0.15, 0.2) is 36.5 Å². The van der Waals surface area contributed by atoms with Gasteiger partial charge in [-0.05, 0) is 63.3 Å². The van der Waals surface area contributed by atoms with Crippen LogP contribution < -0.4 is 15.4 Å². The molecule has 0 radical (unpaired) electrons. The standard InChI is InChI=1S/C24H32N4O3/c1-16(2)27-24(30)28-11-5-6-20(15-28)23(29)26-14-19-9-10-22(25-13-19)31-21-12-17(3)7-8-18(21)4/h7-10,12-13,16,20H,5-6,11,14-15H2,1-4H3,(H,26,29)(H,27,30). The number of amides is 3. The van der Waals surface area contributed by atoms with Gasteiger partial charge in [0.2, 0.25) is 11.8 Å². The maximum absolute atomic E-state index is 12.6. The summed E-state index contributed by atoms with van der Waals surface area (Å²) in [6.07, 6.45) is 3.33. The lowest BCUT2D eigenvalue weighted by Crippen LogP contribution is -2.50. The highest BCUT2D eigenvalue weighted by Gasteiger charge is 2.28. The number of hydrogen-bond acceptors (Lipinski definition) is 4. The van der Waals surface area contributed by atoms with Gasteiger partial charge >= 0.3 is 6.03 Å². The third-order valence-electron chi connectivity index (χ3n) is 5.31. The first kappa shape index (κ1) is 22.6. The number of aryl methyl sites for hydroxylation is 2. The molecule has 1 aliphatic rings. The van der Waals surface area contributed by atoms with E-state index in [1.807, 2.05) is 58.0 Å². The molecule has 1 saturated heterocycles. The van der Waals surface area contributed by atoms with Crippen LogP contribution in [0.3, 0.4) is 0 Å². The normalized spacial score (nSPS) is 16.2. The molecule has 1 aliphatic heterocycles. The number of likely N-dealkylation sites (tertiary alicyclic amines) is 1. The summed E-state index contributed by atoms with van der Waals surface area (Å²) in [6.45, 7) is 9.41. The van der Waals surface area contributed by atoms with Crippen LogP contribution in [0.1, 0.15) is 43.4 Å². The topological polar surface area (TPSA) is 83.6 Å². The smallest absolute Gasteiger partial charge is 0.317 e. The number of rotatable bonds is 6. The van der Waals surface area contributed by atoms with E-state index in [0.717, 1.165) is 35.3 Å². The highest BCUT2D eigenvalue weighted by molar-refractivity contribution is 5.80. The van der Waals surface area contributed by atoms with Crippen molar-refractivity contribution in [3.05, 3.63) is 53.2 Å². The fourth-order valence-electron chi connectivity index (χ4n) is 3.55. The second-order valence-corrected chi connectivity index (χ2v) is 8.48. The number of carbonyl (C=O) groups is 2. The van der Waals surface area contributed by atoms with E-state index in [9.17, 15) is 9.59 Å². The highest BCUT2D eigenvalue weighted by Crippen LogP contribution is 2.24. The largest absolute Gasteiger partial charge is 0.439 e. The summed E-state index contributed by atoms with van der Waals surface area (Å²) < 4.78 is 5.89. The Labute approximate surface area is 184 Å². The molecule has 0 spiro atoms. The van der Waals surface area contributed by atoms with Gasteiger partial charge in [-0.15, -0.1) is 0 Å². The Morgan fingerprint density at radius 2 is 2.03 bits per heavy atom. The summed E-state index contributed by atoms with van der Waals surface area (Å²) in [6, 6.07) is 9.74. The number of urea groups is 1. The van der Waals surface area contributed by atoms with Crippen molar-refractivity contribution in [1.82, 2.24) is 20.5 Å². The van der Waals surface area contributed by atoms with Crippen molar-refractivity contribution in [1.29, 1.82) is 0 Å². The molecule has 2 heterocycles. The van der Waals surface area contributed by atoms with Gasteiger partial charge in [-0.2, -0.15) is 0 Å². The van der Waals surface area contributed by atoms with Crippen molar-refractivity contribution in [2.45, 2.75) is 53.1 Å². The quantitative estimate of drug-likeness (QED) is 0.736. The van der Waals surface area contributed by atoms with Gasteiger partial charge < -0.3 is 20.3 Å². The average Bonchev–Trinajstić information content (AvgIpc) is 2.75. The van der Waals surface area contributed by atoms with Gasteiger partial charge in [-0.1, -0.05) is 18.2 Å². The van der Waals surface area contributed by atoms with E-state index >= 15 is 0 Å². The zero-order chi connectivity index (χ0) is 22.4. The van der Waals surface area contributed by atoms with Crippen molar-refractivity contribution in [2.75, 3.05) is 13.1 Å². The van der Waals surface area contributed by atoms with Crippen molar-refractivity contribution >= 4 is 11.9 Å². The minimum absolute atomic E-state index is 0.0299.